The predicted molar refractivity (Wildman–Crippen MR) is 88.0 cm³/mol. The number of aryl methyl sites for hydroxylation is 3. The molecule has 5 heteroatoms. The summed E-state index contributed by atoms with van der Waals surface area (Å²) in [5.41, 5.74) is 4.58. The molecule has 0 saturated heterocycles. The van der Waals surface area contributed by atoms with Crippen molar-refractivity contribution in [1.29, 1.82) is 0 Å². The van der Waals surface area contributed by atoms with E-state index in [0.29, 0.717) is 11.4 Å². The molecule has 1 N–H and O–H groups in total. The third-order valence-corrected chi connectivity index (χ3v) is 4.49. The van der Waals surface area contributed by atoms with Crippen LogP contribution in [0.25, 0.3) is 16.3 Å². The quantitative estimate of drug-likeness (QED) is 0.787. The highest BCUT2D eigenvalue weighted by Gasteiger charge is 2.24. The number of carbonyl (C=O) groups is 1. The minimum Gasteiger partial charge on any atom is -0.478 e. The molecule has 0 unspecified atom stereocenters. The number of benzene rings is 1. The molecule has 0 aliphatic heterocycles. The van der Waals surface area contributed by atoms with E-state index < -0.39 is 5.97 Å². The zero-order chi connectivity index (χ0) is 15.9. The number of carboxylic acid groups (broad SMARTS) is 1. The van der Waals surface area contributed by atoms with Gasteiger partial charge in [0.25, 0.3) is 0 Å². The van der Waals surface area contributed by atoms with E-state index in [1.54, 1.807) is 11.6 Å². The Labute approximate surface area is 132 Å². The number of carboxylic acids is 1. The van der Waals surface area contributed by atoms with Crippen LogP contribution in [0.3, 0.4) is 0 Å². The van der Waals surface area contributed by atoms with Gasteiger partial charge in [-0.15, -0.1) is 11.3 Å². The van der Waals surface area contributed by atoms with Crippen molar-refractivity contribution < 1.29 is 9.90 Å². The summed E-state index contributed by atoms with van der Waals surface area (Å²) in [6.45, 7) is 5.78. The second-order valence-electron chi connectivity index (χ2n) is 5.29. The lowest BCUT2D eigenvalue weighted by atomic mass is 10.1. The highest BCUT2D eigenvalue weighted by molar-refractivity contribution is 7.13. The van der Waals surface area contributed by atoms with Gasteiger partial charge in [-0.3, -0.25) is 0 Å². The molecule has 0 atom stereocenters. The maximum absolute atomic E-state index is 11.7. The van der Waals surface area contributed by atoms with Gasteiger partial charge in [0.05, 0.1) is 22.0 Å². The van der Waals surface area contributed by atoms with Crippen molar-refractivity contribution in [2.75, 3.05) is 0 Å². The third kappa shape index (κ3) is 2.33. The molecule has 0 amide bonds. The molecular formula is C17H16N2O2S. The van der Waals surface area contributed by atoms with Crippen LogP contribution in [0.1, 0.15) is 27.2 Å². The summed E-state index contributed by atoms with van der Waals surface area (Å²) in [6.07, 6.45) is 0. The SMILES string of the molecule is Cc1ccc(-n2nc(C)c(C(=O)O)c2-c2cccs2)c(C)c1. The topological polar surface area (TPSA) is 55.1 Å². The minimum absolute atomic E-state index is 0.266. The fourth-order valence-electron chi connectivity index (χ4n) is 2.64. The largest absolute Gasteiger partial charge is 0.478 e. The molecule has 0 spiro atoms. The summed E-state index contributed by atoms with van der Waals surface area (Å²) in [6, 6.07) is 9.91. The van der Waals surface area contributed by atoms with E-state index in [1.165, 1.54) is 16.9 Å². The zero-order valence-electron chi connectivity index (χ0n) is 12.6. The van der Waals surface area contributed by atoms with E-state index in [2.05, 4.69) is 11.2 Å². The van der Waals surface area contributed by atoms with E-state index in [-0.39, 0.29) is 5.56 Å². The van der Waals surface area contributed by atoms with Crippen LogP contribution in [0.4, 0.5) is 0 Å². The molecule has 0 radical (unpaired) electrons. The minimum atomic E-state index is -0.947. The second-order valence-corrected chi connectivity index (χ2v) is 6.24. The lowest BCUT2D eigenvalue weighted by Crippen LogP contribution is -2.03. The van der Waals surface area contributed by atoms with Crippen LogP contribution in [-0.2, 0) is 0 Å². The maximum Gasteiger partial charge on any atom is 0.339 e. The van der Waals surface area contributed by atoms with Crippen molar-refractivity contribution in [3.05, 3.63) is 58.1 Å². The van der Waals surface area contributed by atoms with Gasteiger partial charge in [-0.05, 0) is 43.8 Å². The third-order valence-electron chi connectivity index (χ3n) is 3.61. The molecule has 0 aliphatic rings. The molecule has 3 aromatic rings. The lowest BCUT2D eigenvalue weighted by molar-refractivity contribution is 0.0697. The fraction of sp³-hybridized carbons (Fsp3) is 0.176. The Kier molecular flexibility index (Phi) is 3.58. The van der Waals surface area contributed by atoms with Crippen LogP contribution >= 0.6 is 11.3 Å². The van der Waals surface area contributed by atoms with E-state index in [0.717, 1.165) is 16.1 Å². The molecule has 3 rings (SSSR count). The van der Waals surface area contributed by atoms with Crippen LogP contribution in [0.2, 0.25) is 0 Å². The number of hydrogen-bond acceptors (Lipinski definition) is 3. The van der Waals surface area contributed by atoms with E-state index in [4.69, 9.17) is 0 Å². The molecule has 1 aromatic carbocycles. The Bertz CT molecular complexity index is 848. The van der Waals surface area contributed by atoms with Crippen molar-refractivity contribution >= 4 is 17.3 Å². The maximum atomic E-state index is 11.7. The van der Waals surface area contributed by atoms with E-state index >= 15 is 0 Å². The van der Waals surface area contributed by atoms with Crippen LogP contribution in [-0.4, -0.2) is 20.9 Å². The Morgan fingerprint density at radius 2 is 2.00 bits per heavy atom. The van der Waals surface area contributed by atoms with Gasteiger partial charge in [-0.2, -0.15) is 5.10 Å². The molecular weight excluding hydrogens is 296 g/mol. The monoisotopic (exact) mass is 312 g/mol. The van der Waals surface area contributed by atoms with Crippen LogP contribution < -0.4 is 0 Å². The lowest BCUT2D eigenvalue weighted by Gasteiger charge is -2.10. The molecule has 2 heterocycles. The summed E-state index contributed by atoms with van der Waals surface area (Å²) in [4.78, 5) is 12.6. The summed E-state index contributed by atoms with van der Waals surface area (Å²) in [5.74, 6) is -0.947. The van der Waals surface area contributed by atoms with Crippen molar-refractivity contribution in [3.63, 3.8) is 0 Å². The Balaban J connectivity index is 2.33. The highest BCUT2D eigenvalue weighted by Crippen LogP contribution is 2.33. The molecule has 22 heavy (non-hydrogen) atoms. The first-order valence-electron chi connectivity index (χ1n) is 6.93. The summed E-state index contributed by atoms with van der Waals surface area (Å²) in [5, 5.41) is 16.0. The van der Waals surface area contributed by atoms with Gasteiger partial charge in [0.15, 0.2) is 0 Å². The number of aromatic carboxylic acids is 1. The number of aromatic nitrogens is 2. The fourth-order valence-corrected chi connectivity index (χ4v) is 3.40. The van der Waals surface area contributed by atoms with Gasteiger partial charge < -0.3 is 5.11 Å². The number of nitrogens with zero attached hydrogens (tertiary/aromatic N) is 2. The van der Waals surface area contributed by atoms with Crippen LogP contribution in [0.15, 0.2) is 35.7 Å². The van der Waals surface area contributed by atoms with Gasteiger partial charge in [0.1, 0.15) is 5.56 Å². The first-order chi connectivity index (χ1) is 10.5. The number of thiophene rings is 1. The molecule has 0 bridgehead atoms. The summed E-state index contributed by atoms with van der Waals surface area (Å²) < 4.78 is 1.75. The van der Waals surface area contributed by atoms with E-state index in [9.17, 15) is 9.90 Å². The second kappa shape index (κ2) is 5.42. The molecule has 0 aliphatic carbocycles. The van der Waals surface area contributed by atoms with Gasteiger partial charge in [0.2, 0.25) is 0 Å². The van der Waals surface area contributed by atoms with Crippen molar-refractivity contribution in [1.82, 2.24) is 9.78 Å². The highest BCUT2D eigenvalue weighted by atomic mass is 32.1. The molecule has 2 aromatic heterocycles. The van der Waals surface area contributed by atoms with E-state index in [1.807, 2.05) is 43.5 Å². The predicted octanol–water partition coefficient (Wildman–Crippen LogP) is 4.22. The van der Waals surface area contributed by atoms with Gasteiger partial charge >= 0.3 is 5.97 Å². The van der Waals surface area contributed by atoms with Crippen molar-refractivity contribution in [2.45, 2.75) is 20.8 Å². The van der Waals surface area contributed by atoms with Crippen molar-refractivity contribution in [3.8, 4) is 16.3 Å². The molecule has 4 nitrogen and oxygen atoms in total. The first kappa shape index (κ1) is 14.5. The Hall–Kier alpha value is -2.40. The van der Waals surface area contributed by atoms with Crippen LogP contribution in [0, 0.1) is 20.8 Å². The van der Waals surface area contributed by atoms with Gasteiger partial charge in [-0.1, -0.05) is 23.8 Å². The molecule has 112 valence electrons. The standard InChI is InChI=1S/C17H16N2O2S/c1-10-6-7-13(11(2)9-10)19-16(14-5-4-8-22-14)15(17(20)21)12(3)18-19/h4-9H,1-3H3,(H,20,21). The van der Waals surface area contributed by atoms with Crippen LogP contribution in [0.5, 0.6) is 0 Å². The average molecular weight is 312 g/mol. The first-order valence-corrected chi connectivity index (χ1v) is 7.81. The molecule has 0 fully saturated rings. The Morgan fingerprint density at radius 3 is 2.59 bits per heavy atom. The Morgan fingerprint density at radius 1 is 1.23 bits per heavy atom. The molecule has 0 saturated carbocycles. The average Bonchev–Trinajstić information content (AvgIpc) is 3.05. The number of hydrogen-bond donors (Lipinski definition) is 1. The zero-order valence-corrected chi connectivity index (χ0v) is 13.4. The number of rotatable bonds is 3. The summed E-state index contributed by atoms with van der Waals surface area (Å²) >= 11 is 1.51. The smallest absolute Gasteiger partial charge is 0.339 e. The summed E-state index contributed by atoms with van der Waals surface area (Å²) in [7, 11) is 0. The van der Waals surface area contributed by atoms with Crippen molar-refractivity contribution in [2.24, 2.45) is 0 Å². The van der Waals surface area contributed by atoms with Gasteiger partial charge in [0, 0.05) is 0 Å². The van der Waals surface area contributed by atoms with Gasteiger partial charge in [-0.25, -0.2) is 9.48 Å². The normalized spacial score (nSPS) is 10.9.